The van der Waals surface area contributed by atoms with Gasteiger partial charge >= 0.3 is 0 Å². The summed E-state index contributed by atoms with van der Waals surface area (Å²) in [5, 5.41) is 12.2. The summed E-state index contributed by atoms with van der Waals surface area (Å²) in [7, 11) is 1.83. The molecule has 0 atom stereocenters. The van der Waals surface area contributed by atoms with Crippen LogP contribution in [0.25, 0.3) is 0 Å². The molecule has 0 aliphatic carbocycles. The zero-order valence-corrected chi connectivity index (χ0v) is 10.7. The SMILES string of the molecule is Cc1ccc(Sc2nnnn2C)c(CCN)c1. The van der Waals surface area contributed by atoms with Gasteiger partial charge in [0.2, 0.25) is 5.16 Å². The van der Waals surface area contributed by atoms with Gasteiger partial charge < -0.3 is 5.73 Å². The normalized spacial score (nSPS) is 10.8. The van der Waals surface area contributed by atoms with Gasteiger partial charge in [0, 0.05) is 11.9 Å². The second-order valence-corrected chi connectivity index (χ2v) is 4.85. The number of nitrogens with two attached hydrogens (primary N) is 1. The van der Waals surface area contributed by atoms with E-state index in [-0.39, 0.29) is 0 Å². The fourth-order valence-corrected chi connectivity index (χ4v) is 2.44. The summed E-state index contributed by atoms with van der Waals surface area (Å²) in [5.41, 5.74) is 8.12. The minimum absolute atomic E-state index is 0.647. The lowest BCUT2D eigenvalue weighted by molar-refractivity contribution is 0.664. The van der Waals surface area contributed by atoms with Gasteiger partial charge in [-0.25, -0.2) is 4.68 Å². The molecule has 0 saturated heterocycles. The van der Waals surface area contributed by atoms with E-state index in [0.29, 0.717) is 6.54 Å². The van der Waals surface area contributed by atoms with Crippen molar-refractivity contribution in [2.45, 2.75) is 23.4 Å². The molecule has 0 spiro atoms. The van der Waals surface area contributed by atoms with Gasteiger partial charge in [0.1, 0.15) is 0 Å². The van der Waals surface area contributed by atoms with E-state index < -0.39 is 0 Å². The summed E-state index contributed by atoms with van der Waals surface area (Å²) in [6.45, 7) is 2.73. The van der Waals surface area contributed by atoms with E-state index >= 15 is 0 Å². The Morgan fingerprint density at radius 3 is 2.88 bits per heavy atom. The van der Waals surface area contributed by atoms with Crippen LogP contribution >= 0.6 is 11.8 Å². The highest BCUT2D eigenvalue weighted by Crippen LogP contribution is 2.29. The summed E-state index contributed by atoms with van der Waals surface area (Å²) in [6.07, 6.45) is 0.870. The summed E-state index contributed by atoms with van der Waals surface area (Å²) >= 11 is 1.57. The van der Waals surface area contributed by atoms with Crippen LogP contribution in [0.2, 0.25) is 0 Å². The van der Waals surface area contributed by atoms with E-state index in [0.717, 1.165) is 11.6 Å². The zero-order chi connectivity index (χ0) is 12.3. The van der Waals surface area contributed by atoms with Crippen molar-refractivity contribution in [2.24, 2.45) is 12.8 Å². The molecule has 1 aromatic heterocycles. The van der Waals surface area contributed by atoms with Crippen LogP contribution in [-0.2, 0) is 13.5 Å². The van der Waals surface area contributed by atoms with Crippen LogP contribution in [0.4, 0.5) is 0 Å². The van der Waals surface area contributed by atoms with E-state index in [1.54, 1.807) is 16.4 Å². The number of nitrogens with zero attached hydrogens (tertiary/aromatic N) is 4. The van der Waals surface area contributed by atoms with E-state index in [4.69, 9.17) is 5.73 Å². The number of tetrazole rings is 1. The summed E-state index contributed by atoms with van der Waals surface area (Å²) in [4.78, 5) is 1.17. The van der Waals surface area contributed by atoms with Gasteiger partial charge in [0.15, 0.2) is 0 Å². The molecule has 5 nitrogen and oxygen atoms in total. The van der Waals surface area contributed by atoms with Gasteiger partial charge in [-0.3, -0.25) is 0 Å². The molecule has 2 rings (SSSR count). The van der Waals surface area contributed by atoms with Crippen molar-refractivity contribution in [1.82, 2.24) is 20.2 Å². The maximum Gasteiger partial charge on any atom is 0.213 e. The summed E-state index contributed by atoms with van der Waals surface area (Å²) < 4.78 is 1.66. The van der Waals surface area contributed by atoms with Crippen molar-refractivity contribution >= 4 is 11.8 Å². The van der Waals surface area contributed by atoms with Crippen LogP contribution in [0.1, 0.15) is 11.1 Å². The van der Waals surface area contributed by atoms with E-state index in [1.807, 2.05) is 7.05 Å². The third-order valence-electron chi connectivity index (χ3n) is 2.41. The lowest BCUT2D eigenvalue weighted by Crippen LogP contribution is -2.04. The van der Waals surface area contributed by atoms with Crippen molar-refractivity contribution in [3.63, 3.8) is 0 Å². The quantitative estimate of drug-likeness (QED) is 0.881. The molecule has 0 unspecified atom stereocenters. The first-order valence-corrected chi connectivity index (χ1v) is 6.22. The van der Waals surface area contributed by atoms with Crippen LogP contribution in [0.5, 0.6) is 0 Å². The molecular weight excluding hydrogens is 234 g/mol. The maximum atomic E-state index is 5.63. The van der Waals surface area contributed by atoms with Crippen molar-refractivity contribution in [2.75, 3.05) is 6.54 Å². The van der Waals surface area contributed by atoms with Gasteiger partial charge in [0.25, 0.3) is 0 Å². The molecule has 1 heterocycles. The first-order valence-electron chi connectivity index (χ1n) is 5.40. The Morgan fingerprint density at radius 1 is 1.41 bits per heavy atom. The highest BCUT2D eigenvalue weighted by molar-refractivity contribution is 7.99. The lowest BCUT2D eigenvalue weighted by Gasteiger charge is -2.08. The Kier molecular flexibility index (Phi) is 3.75. The van der Waals surface area contributed by atoms with Gasteiger partial charge in [0.05, 0.1) is 0 Å². The Bertz CT molecular complexity index is 508. The molecule has 17 heavy (non-hydrogen) atoms. The average molecular weight is 249 g/mol. The van der Waals surface area contributed by atoms with Gasteiger partial charge in [-0.2, -0.15) is 0 Å². The second-order valence-electron chi connectivity index (χ2n) is 3.84. The number of aryl methyl sites for hydroxylation is 2. The van der Waals surface area contributed by atoms with E-state index in [9.17, 15) is 0 Å². The Balaban J connectivity index is 2.29. The molecule has 1 aromatic carbocycles. The number of hydrogen-bond acceptors (Lipinski definition) is 5. The van der Waals surface area contributed by atoms with Gasteiger partial charge in [-0.05, 0) is 53.7 Å². The van der Waals surface area contributed by atoms with Crippen molar-refractivity contribution in [1.29, 1.82) is 0 Å². The summed E-state index contributed by atoms with van der Waals surface area (Å²) in [5.74, 6) is 0. The summed E-state index contributed by atoms with van der Waals surface area (Å²) in [6, 6.07) is 6.35. The van der Waals surface area contributed by atoms with Crippen molar-refractivity contribution in [3.05, 3.63) is 29.3 Å². The molecular formula is C11H15N5S. The number of rotatable bonds is 4. The Labute approximate surface area is 104 Å². The number of hydrogen-bond donors (Lipinski definition) is 1. The van der Waals surface area contributed by atoms with Crippen LogP contribution < -0.4 is 5.73 Å². The molecule has 0 radical (unpaired) electrons. The molecule has 0 aliphatic heterocycles. The second kappa shape index (κ2) is 5.29. The molecule has 2 aromatic rings. The number of aromatic nitrogens is 4. The molecule has 2 N–H and O–H groups in total. The molecule has 0 saturated carbocycles. The number of benzene rings is 1. The fraction of sp³-hybridized carbons (Fsp3) is 0.364. The highest BCUT2D eigenvalue weighted by atomic mass is 32.2. The molecule has 90 valence electrons. The smallest absolute Gasteiger partial charge is 0.213 e. The average Bonchev–Trinajstić information content (AvgIpc) is 2.69. The predicted octanol–water partition coefficient (Wildman–Crippen LogP) is 1.17. The maximum absolute atomic E-state index is 5.63. The molecule has 0 bridgehead atoms. The minimum Gasteiger partial charge on any atom is -0.330 e. The van der Waals surface area contributed by atoms with Gasteiger partial charge in [-0.1, -0.05) is 17.7 Å². The minimum atomic E-state index is 0.647. The standard InChI is InChI=1S/C11H15N5S/c1-8-3-4-10(9(7-8)5-6-12)17-11-13-14-15-16(11)2/h3-4,7H,5-6,12H2,1-2H3. The van der Waals surface area contributed by atoms with Crippen LogP contribution in [0.15, 0.2) is 28.3 Å². The molecule has 0 aliphatic rings. The van der Waals surface area contributed by atoms with E-state index in [1.165, 1.54) is 16.0 Å². The Morgan fingerprint density at radius 2 is 2.24 bits per heavy atom. The van der Waals surface area contributed by atoms with Gasteiger partial charge in [-0.15, -0.1) is 5.10 Å². The van der Waals surface area contributed by atoms with E-state index in [2.05, 4.69) is 40.6 Å². The molecule has 0 amide bonds. The lowest BCUT2D eigenvalue weighted by atomic mass is 10.1. The monoisotopic (exact) mass is 249 g/mol. The van der Waals surface area contributed by atoms with Crippen LogP contribution in [-0.4, -0.2) is 26.8 Å². The first kappa shape index (κ1) is 12.1. The zero-order valence-electron chi connectivity index (χ0n) is 9.92. The van der Waals surface area contributed by atoms with Crippen LogP contribution in [0, 0.1) is 6.92 Å². The van der Waals surface area contributed by atoms with Crippen molar-refractivity contribution in [3.8, 4) is 0 Å². The van der Waals surface area contributed by atoms with Crippen LogP contribution in [0.3, 0.4) is 0 Å². The largest absolute Gasteiger partial charge is 0.330 e. The first-order chi connectivity index (χ1) is 8.20. The Hall–Kier alpha value is -1.40. The third kappa shape index (κ3) is 2.83. The molecule has 0 fully saturated rings. The highest BCUT2D eigenvalue weighted by Gasteiger charge is 2.08. The predicted molar refractivity (Wildman–Crippen MR) is 66.9 cm³/mol. The third-order valence-corrected chi connectivity index (χ3v) is 3.56. The fourth-order valence-electron chi connectivity index (χ4n) is 1.56. The van der Waals surface area contributed by atoms with Crippen molar-refractivity contribution < 1.29 is 0 Å². The topological polar surface area (TPSA) is 69.6 Å². The molecule has 6 heteroatoms.